The van der Waals surface area contributed by atoms with Gasteiger partial charge in [0.1, 0.15) is 0 Å². The van der Waals surface area contributed by atoms with Gasteiger partial charge in [-0.25, -0.2) is 4.31 Å². The molecule has 1 saturated heterocycles. The van der Waals surface area contributed by atoms with Crippen LogP contribution in [-0.2, 0) is 37.7 Å². The first-order valence-corrected chi connectivity index (χ1v) is 19.4. The van der Waals surface area contributed by atoms with Crippen molar-refractivity contribution in [2.75, 3.05) is 51.3 Å². The molecule has 3 aliphatic heterocycles. The van der Waals surface area contributed by atoms with Gasteiger partial charge in [-0.15, -0.1) is 0 Å². The first kappa shape index (κ1) is 35.4. The van der Waals surface area contributed by atoms with E-state index in [0.29, 0.717) is 17.7 Å². The Hall–Kier alpha value is -4.67. The average molecular weight is 726 g/mol. The lowest BCUT2D eigenvalue weighted by Crippen LogP contribution is -2.52. The highest BCUT2D eigenvalue weighted by Crippen LogP contribution is 2.37. The first-order valence-electron chi connectivity index (χ1n) is 18.7. The highest BCUT2D eigenvalue weighted by Gasteiger charge is 2.35. The number of amides is 2. The number of rotatable bonds is 8. The normalized spacial score (nSPS) is 17.6. The Morgan fingerprint density at radius 1 is 0.792 bits per heavy atom. The summed E-state index contributed by atoms with van der Waals surface area (Å²) in [5, 5.41) is 0. The molecule has 1 aromatic heterocycles. The Bertz CT molecular complexity index is 2110. The maximum Gasteiger partial charge on any atom is 0.259 e. The van der Waals surface area contributed by atoms with Gasteiger partial charge in [0.15, 0.2) is 0 Å². The number of para-hydroxylation sites is 1. The molecular weight excluding hydrogens is 679 g/mol. The molecule has 3 aliphatic rings. The van der Waals surface area contributed by atoms with E-state index >= 15 is 4.79 Å². The van der Waals surface area contributed by atoms with Gasteiger partial charge in [-0.1, -0.05) is 60.7 Å². The van der Waals surface area contributed by atoms with E-state index in [1.165, 1.54) is 27.1 Å². The summed E-state index contributed by atoms with van der Waals surface area (Å²) in [4.78, 5) is 36.8. The van der Waals surface area contributed by atoms with Gasteiger partial charge in [-0.2, -0.15) is 0 Å². The van der Waals surface area contributed by atoms with Crippen LogP contribution in [0.1, 0.15) is 48.7 Å². The van der Waals surface area contributed by atoms with Gasteiger partial charge in [-0.05, 0) is 96.4 Å². The quantitative estimate of drug-likeness (QED) is 0.157. The number of aromatic nitrogens is 1. The number of carbonyl (C=O) groups is 2. The summed E-state index contributed by atoms with van der Waals surface area (Å²) < 4.78 is 10.2. The largest absolute Gasteiger partial charge is 0.379 e. The molecular formula is C44H47N5O3S. The molecule has 0 aliphatic carbocycles. The molecule has 0 spiro atoms. The van der Waals surface area contributed by atoms with Gasteiger partial charge in [-0.3, -0.25) is 14.5 Å². The van der Waals surface area contributed by atoms with Crippen molar-refractivity contribution in [3.05, 3.63) is 142 Å². The molecule has 8 rings (SSSR count). The van der Waals surface area contributed by atoms with Crippen LogP contribution in [0.4, 0.5) is 5.69 Å². The predicted octanol–water partition coefficient (Wildman–Crippen LogP) is 7.24. The Labute approximate surface area is 317 Å². The van der Waals surface area contributed by atoms with Crippen molar-refractivity contribution >= 4 is 29.4 Å². The Morgan fingerprint density at radius 2 is 1.49 bits per heavy atom. The molecule has 0 unspecified atom stereocenters. The molecule has 0 radical (unpaired) electrons. The fraction of sp³-hybridized carbons (Fsp3) is 0.318. The molecule has 0 saturated carbocycles. The Kier molecular flexibility index (Phi) is 10.2. The second kappa shape index (κ2) is 15.4. The standard InChI is InChI=1S/C44H47N5O3S/c1-31-39(43(50)46(3)36-14-6-4-7-15-36)27-42(45(31)2)40-25-33-18-19-48(53-38-16-8-5-9-17-38)28-35(33)26-41(40)44(51)49-29-34-13-11-10-12-32(34)24-37(49)30-47-20-22-52-23-21-47/h4-17,25-27,37H,18-24,28-30H2,1-3H3/t37-/m0/s1. The van der Waals surface area contributed by atoms with Crippen molar-refractivity contribution in [3.63, 3.8) is 0 Å². The van der Waals surface area contributed by atoms with Crippen molar-refractivity contribution < 1.29 is 14.3 Å². The minimum absolute atomic E-state index is 0.0244. The number of benzene rings is 4. The van der Waals surface area contributed by atoms with Crippen LogP contribution < -0.4 is 4.90 Å². The van der Waals surface area contributed by atoms with Crippen LogP contribution in [0.3, 0.4) is 0 Å². The summed E-state index contributed by atoms with van der Waals surface area (Å²) >= 11 is 1.77. The van der Waals surface area contributed by atoms with Crippen molar-refractivity contribution in [1.29, 1.82) is 0 Å². The summed E-state index contributed by atoms with van der Waals surface area (Å²) in [6.45, 7) is 8.19. The molecule has 0 bridgehead atoms. The summed E-state index contributed by atoms with van der Waals surface area (Å²) in [6.07, 6.45) is 1.69. The Morgan fingerprint density at radius 3 is 2.25 bits per heavy atom. The second-order valence-corrected chi connectivity index (χ2v) is 15.6. The lowest BCUT2D eigenvalue weighted by Gasteiger charge is -2.41. The van der Waals surface area contributed by atoms with E-state index in [9.17, 15) is 4.79 Å². The van der Waals surface area contributed by atoms with E-state index in [0.717, 1.165) is 81.4 Å². The van der Waals surface area contributed by atoms with E-state index in [4.69, 9.17) is 4.74 Å². The second-order valence-electron chi connectivity index (χ2n) is 14.4. The maximum absolute atomic E-state index is 15.3. The van der Waals surface area contributed by atoms with Gasteiger partial charge in [0, 0.05) is 92.5 Å². The third-order valence-corrected chi connectivity index (χ3v) is 12.3. The monoisotopic (exact) mass is 725 g/mol. The number of anilines is 1. The highest BCUT2D eigenvalue weighted by atomic mass is 32.2. The molecule has 8 nitrogen and oxygen atoms in total. The zero-order valence-electron chi connectivity index (χ0n) is 30.8. The summed E-state index contributed by atoms with van der Waals surface area (Å²) in [5.74, 6) is -0.0373. The van der Waals surface area contributed by atoms with Crippen LogP contribution >= 0.6 is 11.9 Å². The van der Waals surface area contributed by atoms with E-state index in [2.05, 4.69) is 79.3 Å². The summed E-state index contributed by atoms with van der Waals surface area (Å²) in [5.41, 5.74) is 9.74. The zero-order valence-corrected chi connectivity index (χ0v) is 31.6. The molecule has 4 heterocycles. The molecule has 9 heteroatoms. The molecule has 0 N–H and O–H groups in total. The fourth-order valence-corrected chi connectivity index (χ4v) is 8.99. The van der Waals surface area contributed by atoms with Crippen LogP contribution in [0, 0.1) is 6.92 Å². The van der Waals surface area contributed by atoms with Crippen molar-refractivity contribution in [1.82, 2.24) is 18.7 Å². The third kappa shape index (κ3) is 7.31. The van der Waals surface area contributed by atoms with Crippen LogP contribution in [0.15, 0.2) is 108 Å². The molecule has 2 amide bonds. The van der Waals surface area contributed by atoms with Crippen molar-refractivity contribution in [3.8, 4) is 11.3 Å². The van der Waals surface area contributed by atoms with E-state index in [1.54, 1.807) is 16.8 Å². The molecule has 272 valence electrons. The SMILES string of the molecule is Cc1c(C(=O)N(C)c2ccccc2)cc(-c2cc3c(cc2C(=O)N2Cc4ccccc4C[C@H]2CN2CCOCC2)CN(Sc2ccccc2)CC3)n1C. The molecule has 4 aromatic carbocycles. The number of ether oxygens (including phenoxy) is 1. The number of hydrogen-bond donors (Lipinski definition) is 0. The molecule has 53 heavy (non-hydrogen) atoms. The summed E-state index contributed by atoms with van der Waals surface area (Å²) in [7, 11) is 3.83. The van der Waals surface area contributed by atoms with Crippen LogP contribution in [0.25, 0.3) is 11.3 Å². The number of fused-ring (bicyclic) bond motifs is 2. The zero-order chi connectivity index (χ0) is 36.5. The average Bonchev–Trinajstić information content (AvgIpc) is 3.50. The van der Waals surface area contributed by atoms with Crippen LogP contribution in [-0.4, -0.2) is 83.0 Å². The highest BCUT2D eigenvalue weighted by molar-refractivity contribution is 7.97. The van der Waals surface area contributed by atoms with Crippen LogP contribution in [0.2, 0.25) is 0 Å². The topological polar surface area (TPSA) is 61.3 Å². The minimum atomic E-state index is -0.0758. The van der Waals surface area contributed by atoms with Gasteiger partial charge in [0.25, 0.3) is 11.8 Å². The smallest absolute Gasteiger partial charge is 0.259 e. The van der Waals surface area contributed by atoms with Crippen molar-refractivity contribution in [2.45, 2.75) is 43.8 Å². The lowest BCUT2D eigenvalue weighted by atomic mass is 9.89. The van der Waals surface area contributed by atoms with E-state index < -0.39 is 0 Å². The molecule has 1 fully saturated rings. The molecule has 5 aromatic rings. The maximum atomic E-state index is 15.3. The number of nitrogens with zero attached hydrogens (tertiary/aromatic N) is 5. The van der Waals surface area contributed by atoms with Gasteiger partial charge in [0.05, 0.1) is 18.8 Å². The lowest BCUT2D eigenvalue weighted by molar-refractivity contribution is 0.0193. The first-order chi connectivity index (χ1) is 25.8. The van der Waals surface area contributed by atoms with Gasteiger partial charge in [0.2, 0.25) is 0 Å². The number of morpholine rings is 1. The Balaban J connectivity index is 1.20. The summed E-state index contributed by atoms with van der Waals surface area (Å²) in [6, 6.07) is 35.2. The molecule has 1 atom stereocenters. The van der Waals surface area contributed by atoms with Crippen molar-refractivity contribution in [2.24, 2.45) is 7.05 Å². The van der Waals surface area contributed by atoms with Gasteiger partial charge >= 0.3 is 0 Å². The van der Waals surface area contributed by atoms with E-state index in [1.807, 2.05) is 63.5 Å². The van der Waals surface area contributed by atoms with Crippen LogP contribution in [0.5, 0.6) is 0 Å². The number of hydrogen-bond acceptors (Lipinski definition) is 6. The number of carbonyl (C=O) groups excluding carboxylic acids is 2. The predicted molar refractivity (Wildman–Crippen MR) is 212 cm³/mol. The van der Waals surface area contributed by atoms with E-state index in [-0.39, 0.29) is 17.9 Å². The fourth-order valence-electron chi connectivity index (χ4n) is 8.03. The minimum Gasteiger partial charge on any atom is -0.379 e. The third-order valence-electron chi connectivity index (χ3n) is 11.2. The van der Waals surface area contributed by atoms with Gasteiger partial charge < -0.3 is 19.1 Å².